The van der Waals surface area contributed by atoms with Crippen LogP contribution in [0, 0.1) is 0 Å². The quantitative estimate of drug-likeness (QED) is 0.456. The molecule has 0 radical (unpaired) electrons. The van der Waals surface area contributed by atoms with E-state index in [1.165, 1.54) is 5.56 Å². The molecule has 0 atom stereocenters. The van der Waals surface area contributed by atoms with E-state index in [1.54, 1.807) is 16.5 Å². The average Bonchev–Trinajstić information content (AvgIpc) is 3.22. The minimum absolute atomic E-state index is 0.119. The van der Waals surface area contributed by atoms with Gasteiger partial charge in [0.2, 0.25) is 0 Å². The molecule has 1 aromatic heterocycles. The summed E-state index contributed by atoms with van der Waals surface area (Å²) in [5.74, 6) is -0.455. The molecule has 0 fully saturated rings. The smallest absolute Gasteiger partial charge is 0.359 e. The first-order valence-corrected chi connectivity index (χ1v) is 11.1. The Labute approximate surface area is 188 Å². The fraction of sp³-hybridized carbons (Fsp3) is 0.320. The molecule has 2 amide bonds. The summed E-state index contributed by atoms with van der Waals surface area (Å²) in [7, 11) is 0. The van der Waals surface area contributed by atoms with Crippen molar-refractivity contribution in [3.63, 3.8) is 0 Å². The Bertz CT molecular complexity index is 1060. The molecule has 1 N–H and O–H groups in total. The van der Waals surface area contributed by atoms with Crippen molar-refractivity contribution in [2.45, 2.75) is 32.7 Å². The van der Waals surface area contributed by atoms with Crippen LogP contribution >= 0.6 is 0 Å². The largest absolute Gasteiger partial charge is 0.461 e. The molecule has 0 spiro atoms. The van der Waals surface area contributed by atoms with Gasteiger partial charge in [0, 0.05) is 25.1 Å². The van der Waals surface area contributed by atoms with E-state index in [-0.39, 0.29) is 18.3 Å². The maximum absolute atomic E-state index is 12.8. The SMILES string of the molecule is CCOC(=O)c1nn(-c2ccccc2)c2c1CN(C(=O)NCCCc1ccccc1)CC2. The third-order valence-electron chi connectivity index (χ3n) is 5.58. The predicted molar refractivity (Wildman–Crippen MR) is 122 cm³/mol. The molecule has 2 aromatic carbocycles. The highest BCUT2D eigenvalue weighted by atomic mass is 16.5. The molecular formula is C25H28N4O3. The number of aryl methyl sites for hydroxylation is 1. The van der Waals surface area contributed by atoms with Crippen molar-refractivity contribution in [3.05, 3.63) is 83.2 Å². The van der Waals surface area contributed by atoms with Crippen molar-refractivity contribution in [2.24, 2.45) is 0 Å². The fourth-order valence-electron chi connectivity index (χ4n) is 3.98. The van der Waals surface area contributed by atoms with Crippen LogP contribution in [0.5, 0.6) is 0 Å². The van der Waals surface area contributed by atoms with Gasteiger partial charge in [0.1, 0.15) is 0 Å². The number of fused-ring (bicyclic) bond motifs is 1. The number of esters is 1. The van der Waals surface area contributed by atoms with Gasteiger partial charge in [-0.05, 0) is 37.5 Å². The van der Waals surface area contributed by atoms with E-state index in [2.05, 4.69) is 22.5 Å². The third kappa shape index (κ3) is 4.82. The molecule has 0 saturated carbocycles. The van der Waals surface area contributed by atoms with Gasteiger partial charge in [0.15, 0.2) is 5.69 Å². The van der Waals surface area contributed by atoms with E-state index >= 15 is 0 Å². The molecule has 32 heavy (non-hydrogen) atoms. The van der Waals surface area contributed by atoms with Crippen molar-refractivity contribution < 1.29 is 14.3 Å². The Kier molecular flexibility index (Phi) is 6.84. The number of rotatable bonds is 7. The maximum atomic E-state index is 12.8. The molecule has 4 rings (SSSR count). The van der Waals surface area contributed by atoms with Crippen LogP contribution in [-0.2, 0) is 24.1 Å². The lowest BCUT2D eigenvalue weighted by atomic mass is 10.0. The molecule has 0 bridgehead atoms. The van der Waals surface area contributed by atoms with Crippen molar-refractivity contribution in [2.75, 3.05) is 19.7 Å². The van der Waals surface area contributed by atoms with Crippen molar-refractivity contribution in [1.82, 2.24) is 20.0 Å². The van der Waals surface area contributed by atoms with Crippen LogP contribution < -0.4 is 5.32 Å². The second-order valence-electron chi connectivity index (χ2n) is 7.73. The molecular weight excluding hydrogens is 404 g/mol. The second kappa shape index (κ2) is 10.1. The van der Waals surface area contributed by atoms with Crippen LogP contribution in [0.3, 0.4) is 0 Å². The molecule has 0 aliphatic carbocycles. The average molecular weight is 433 g/mol. The Hall–Kier alpha value is -3.61. The van der Waals surface area contributed by atoms with Gasteiger partial charge in [0.25, 0.3) is 0 Å². The van der Waals surface area contributed by atoms with Crippen molar-refractivity contribution in [3.8, 4) is 5.69 Å². The highest BCUT2D eigenvalue weighted by Crippen LogP contribution is 2.26. The second-order valence-corrected chi connectivity index (χ2v) is 7.73. The Morgan fingerprint density at radius 1 is 1.06 bits per heavy atom. The van der Waals surface area contributed by atoms with Gasteiger partial charge in [-0.15, -0.1) is 0 Å². The lowest BCUT2D eigenvalue weighted by molar-refractivity contribution is 0.0516. The third-order valence-corrected chi connectivity index (χ3v) is 5.58. The predicted octanol–water partition coefficient (Wildman–Crippen LogP) is 3.75. The van der Waals surface area contributed by atoms with Crippen LogP contribution in [0.15, 0.2) is 60.7 Å². The van der Waals surface area contributed by atoms with E-state index in [0.29, 0.717) is 26.1 Å². The summed E-state index contributed by atoms with van der Waals surface area (Å²) >= 11 is 0. The summed E-state index contributed by atoms with van der Waals surface area (Å²) in [6.45, 7) is 3.55. The van der Waals surface area contributed by atoms with Crippen molar-refractivity contribution in [1.29, 1.82) is 0 Å². The molecule has 0 saturated heterocycles. The monoisotopic (exact) mass is 432 g/mol. The summed E-state index contributed by atoms with van der Waals surface area (Å²) in [6, 6.07) is 19.8. The standard InChI is InChI=1S/C25H28N4O3/c1-2-32-24(30)23-21-18-28(25(31)26-16-9-12-19-10-5-3-6-11-19)17-15-22(21)29(27-23)20-13-7-4-8-14-20/h3-8,10-11,13-14H,2,9,12,15-18H2,1H3,(H,26,31). The molecule has 166 valence electrons. The van der Waals surface area contributed by atoms with Crippen LogP contribution in [0.1, 0.15) is 40.7 Å². The molecule has 7 nitrogen and oxygen atoms in total. The van der Waals surface area contributed by atoms with E-state index in [4.69, 9.17) is 4.74 Å². The molecule has 1 aliphatic rings. The number of hydrogen-bond acceptors (Lipinski definition) is 4. The highest BCUT2D eigenvalue weighted by Gasteiger charge is 2.31. The van der Waals surface area contributed by atoms with Crippen LogP contribution in [-0.4, -0.2) is 46.4 Å². The summed E-state index contributed by atoms with van der Waals surface area (Å²) in [4.78, 5) is 27.1. The first-order valence-electron chi connectivity index (χ1n) is 11.1. The zero-order valence-electron chi connectivity index (χ0n) is 18.3. The number of urea groups is 1. The van der Waals surface area contributed by atoms with Gasteiger partial charge in [0.05, 0.1) is 24.5 Å². The normalized spacial score (nSPS) is 12.8. The number of nitrogens with zero attached hydrogens (tertiary/aromatic N) is 3. The van der Waals surface area contributed by atoms with Gasteiger partial charge in [-0.25, -0.2) is 14.3 Å². The fourth-order valence-corrected chi connectivity index (χ4v) is 3.98. The number of amides is 2. The summed E-state index contributed by atoms with van der Waals surface area (Å²) in [5.41, 5.74) is 4.15. The first kappa shape index (κ1) is 21.6. The number of ether oxygens (including phenoxy) is 1. The van der Waals surface area contributed by atoms with E-state index in [1.807, 2.05) is 48.5 Å². The number of para-hydroxylation sites is 1. The number of nitrogens with one attached hydrogen (secondary N) is 1. The number of carbonyl (C=O) groups excluding carboxylic acids is 2. The lowest BCUT2D eigenvalue weighted by Crippen LogP contribution is -2.43. The minimum atomic E-state index is -0.455. The van der Waals surface area contributed by atoms with E-state index in [0.717, 1.165) is 29.8 Å². The summed E-state index contributed by atoms with van der Waals surface area (Å²) < 4.78 is 7.03. The summed E-state index contributed by atoms with van der Waals surface area (Å²) in [6.07, 6.45) is 2.41. The van der Waals surface area contributed by atoms with Crippen LogP contribution in [0.2, 0.25) is 0 Å². The van der Waals surface area contributed by atoms with E-state index < -0.39 is 5.97 Å². The number of hydrogen-bond donors (Lipinski definition) is 1. The lowest BCUT2D eigenvalue weighted by Gasteiger charge is -2.28. The zero-order chi connectivity index (χ0) is 22.3. The number of aromatic nitrogens is 2. The van der Waals surface area contributed by atoms with Crippen LogP contribution in [0.25, 0.3) is 5.69 Å². The molecule has 7 heteroatoms. The van der Waals surface area contributed by atoms with Crippen LogP contribution in [0.4, 0.5) is 4.79 Å². The Morgan fingerprint density at radius 3 is 2.50 bits per heavy atom. The van der Waals surface area contributed by atoms with Gasteiger partial charge in [-0.2, -0.15) is 5.10 Å². The Balaban J connectivity index is 1.45. The molecule has 0 unspecified atom stereocenters. The summed E-state index contributed by atoms with van der Waals surface area (Å²) in [5, 5.41) is 7.58. The van der Waals surface area contributed by atoms with Gasteiger partial charge >= 0.3 is 12.0 Å². The topological polar surface area (TPSA) is 76.5 Å². The van der Waals surface area contributed by atoms with Crippen molar-refractivity contribution >= 4 is 12.0 Å². The Morgan fingerprint density at radius 2 is 1.78 bits per heavy atom. The number of benzene rings is 2. The number of carbonyl (C=O) groups is 2. The maximum Gasteiger partial charge on any atom is 0.359 e. The zero-order valence-corrected chi connectivity index (χ0v) is 18.3. The highest BCUT2D eigenvalue weighted by molar-refractivity contribution is 5.89. The van der Waals surface area contributed by atoms with Gasteiger partial charge in [-0.3, -0.25) is 0 Å². The van der Waals surface area contributed by atoms with Gasteiger partial charge < -0.3 is 15.0 Å². The molecule has 2 heterocycles. The van der Waals surface area contributed by atoms with E-state index in [9.17, 15) is 9.59 Å². The molecule has 1 aliphatic heterocycles. The molecule has 3 aromatic rings. The van der Waals surface area contributed by atoms with Gasteiger partial charge in [-0.1, -0.05) is 48.5 Å². The minimum Gasteiger partial charge on any atom is -0.461 e. The first-order chi connectivity index (χ1) is 15.7.